The van der Waals surface area contributed by atoms with Crippen LogP contribution in [0.3, 0.4) is 0 Å². The molecule has 1 aromatic rings. The van der Waals surface area contributed by atoms with Crippen molar-refractivity contribution in [3.8, 4) is 11.8 Å². The van der Waals surface area contributed by atoms with Gasteiger partial charge in [-0.15, -0.1) is 0 Å². The van der Waals surface area contributed by atoms with Crippen molar-refractivity contribution < 1.29 is 9.53 Å². The number of carbonyl (C=O) groups is 1. The Morgan fingerprint density at radius 1 is 1.53 bits per heavy atom. The molecule has 0 aliphatic carbocycles. The van der Waals surface area contributed by atoms with Gasteiger partial charge in [0, 0.05) is 10.0 Å². The lowest BCUT2D eigenvalue weighted by Gasteiger charge is -2.11. The lowest BCUT2D eigenvalue weighted by molar-refractivity contribution is -0.114. The van der Waals surface area contributed by atoms with Crippen LogP contribution in [0.2, 0.25) is 0 Å². The van der Waals surface area contributed by atoms with Crippen LogP contribution in [-0.4, -0.2) is 12.5 Å². The fourth-order valence-electron chi connectivity index (χ4n) is 1.36. The van der Waals surface area contributed by atoms with Crippen molar-refractivity contribution in [2.45, 2.75) is 13.3 Å². The highest BCUT2D eigenvalue weighted by Gasteiger charge is 2.11. The van der Waals surface area contributed by atoms with Crippen LogP contribution in [0.1, 0.15) is 18.9 Å². The van der Waals surface area contributed by atoms with E-state index >= 15 is 0 Å². The molecule has 0 heterocycles. The minimum absolute atomic E-state index is 0.119. The molecule has 0 unspecified atom stereocenters. The summed E-state index contributed by atoms with van der Waals surface area (Å²) in [6, 6.07) is 5.36. The van der Waals surface area contributed by atoms with Gasteiger partial charge < -0.3 is 10.5 Å². The van der Waals surface area contributed by atoms with Gasteiger partial charge in [0.25, 0.3) is 5.91 Å². The Kier molecular flexibility index (Phi) is 6.06. The highest BCUT2D eigenvalue weighted by molar-refractivity contribution is 9.11. The third-order valence-electron chi connectivity index (χ3n) is 2.17. The molecule has 100 valence electrons. The maximum absolute atomic E-state index is 11.1. The molecule has 0 aliphatic heterocycles. The Hall–Kier alpha value is -1.32. The summed E-state index contributed by atoms with van der Waals surface area (Å²) < 4.78 is 7.16. The molecule has 0 aliphatic rings. The number of nitriles is 1. The fraction of sp³-hybridized carbons (Fsp3) is 0.231. The Balaban J connectivity index is 3.32. The van der Waals surface area contributed by atoms with Gasteiger partial charge in [-0.25, -0.2) is 0 Å². The van der Waals surface area contributed by atoms with Gasteiger partial charge in [0.1, 0.15) is 17.4 Å². The molecule has 0 saturated carbocycles. The molecule has 2 N–H and O–H groups in total. The molecule has 4 nitrogen and oxygen atoms in total. The second-order valence-electron chi connectivity index (χ2n) is 3.69. The molecule has 0 saturated heterocycles. The number of hydrogen-bond acceptors (Lipinski definition) is 3. The first-order valence-electron chi connectivity index (χ1n) is 5.53. The Morgan fingerprint density at radius 2 is 2.21 bits per heavy atom. The number of rotatable bonds is 5. The first kappa shape index (κ1) is 15.7. The molecule has 0 aromatic heterocycles. The van der Waals surface area contributed by atoms with Crippen molar-refractivity contribution in [2.24, 2.45) is 5.73 Å². The summed E-state index contributed by atoms with van der Waals surface area (Å²) in [4.78, 5) is 11.1. The van der Waals surface area contributed by atoms with Crippen LogP contribution in [0.25, 0.3) is 6.08 Å². The van der Waals surface area contributed by atoms with Gasteiger partial charge >= 0.3 is 0 Å². The average Bonchev–Trinajstić information content (AvgIpc) is 2.34. The van der Waals surface area contributed by atoms with Crippen LogP contribution >= 0.6 is 31.9 Å². The second-order valence-corrected chi connectivity index (χ2v) is 5.46. The van der Waals surface area contributed by atoms with Crippen LogP contribution in [0, 0.1) is 11.3 Å². The molecular weight excluding hydrogens is 376 g/mol. The van der Waals surface area contributed by atoms with Crippen molar-refractivity contribution in [1.82, 2.24) is 0 Å². The van der Waals surface area contributed by atoms with Gasteiger partial charge in [-0.05, 0) is 40.6 Å². The minimum Gasteiger partial charge on any atom is -0.492 e. The van der Waals surface area contributed by atoms with Gasteiger partial charge in [0.05, 0.1) is 11.1 Å². The van der Waals surface area contributed by atoms with Gasteiger partial charge in [0.15, 0.2) is 0 Å². The number of nitrogens with zero attached hydrogens (tertiary/aromatic N) is 1. The highest BCUT2D eigenvalue weighted by Crippen LogP contribution is 2.34. The normalized spacial score (nSPS) is 10.9. The second kappa shape index (κ2) is 7.31. The SMILES string of the molecule is CCCOc1c(Br)cc(Br)cc1/C=C(\C#N)C(N)=O. The Morgan fingerprint density at radius 3 is 2.74 bits per heavy atom. The zero-order chi connectivity index (χ0) is 14.4. The zero-order valence-corrected chi connectivity index (χ0v) is 13.4. The lowest BCUT2D eigenvalue weighted by atomic mass is 10.1. The van der Waals surface area contributed by atoms with E-state index in [1.165, 1.54) is 6.08 Å². The van der Waals surface area contributed by atoms with Crippen molar-refractivity contribution in [3.05, 3.63) is 32.2 Å². The van der Waals surface area contributed by atoms with Gasteiger partial charge in [0.2, 0.25) is 0 Å². The molecule has 0 spiro atoms. The number of ether oxygens (including phenoxy) is 1. The van der Waals surface area contributed by atoms with E-state index in [1.807, 2.05) is 13.0 Å². The molecule has 0 atom stereocenters. The van der Waals surface area contributed by atoms with Crippen LogP contribution in [0.5, 0.6) is 5.75 Å². The number of amides is 1. The predicted octanol–water partition coefficient (Wildman–Crippen LogP) is 3.39. The summed E-state index contributed by atoms with van der Waals surface area (Å²) in [5, 5.41) is 8.88. The molecule has 19 heavy (non-hydrogen) atoms. The molecule has 0 radical (unpaired) electrons. The Labute approximate surface area is 128 Å². The quantitative estimate of drug-likeness (QED) is 0.621. The largest absolute Gasteiger partial charge is 0.492 e. The fourth-order valence-corrected chi connectivity index (χ4v) is 2.73. The van der Waals surface area contributed by atoms with E-state index in [4.69, 9.17) is 15.7 Å². The van der Waals surface area contributed by atoms with E-state index in [0.29, 0.717) is 17.9 Å². The van der Waals surface area contributed by atoms with Gasteiger partial charge in [-0.1, -0.05) is 22.9 Å². The molecule has 0 bridgehead atoms. The van der Waals surface area contributed by atoms with E-state index in [-0.39, 0.29) is 5.57 Å². The van der Waals surface area contributed by atoms with Crippen molar-refractivity contribution >= 4 is 43.8 Å². The van der Waals surface area contributed by atoms with Crippen LogP contribution in [0.15, 0.2) is 26.7 Å². The highest BCUT2D eigenvalue weighted by atomic mass is 79.9. The van der Waals surface area contributed by atoms with Crippen molar-refractivity contribution in [3.63, 3.8) is 0 Å². The van der Waals surface area contributed by atoms with E-state index in [9.17, 15) is 4.79 Å². The summed E-state index contributed by atoms with van der Waals surface area (Å²) in [6.07, 6.45) is 2.27. The number of nitrogens with two attached hydrogens (primary N) is 1. The summed E-state index contributed by atoms with van der Waals surface area (Å²) >= 11 is 6.74. The van der Waals surface area contributed by atoms with E-state index in [1.54, 1.807) is 12.1 Å². The number of carbonyl (C=O) groups excluding carboxylic acids is 1. The molecule has 0 fully saturated rings. The maximum Gasteiger partial charge on any atom is 0.259 e. The van der Waals surface area contributed by atoms with E-state index in [0.717, 1.165) is 15.4 Å². The van der Waals surface area contributed by atoms with Crippen molar-refractivity contribution in [1.29, 1.82) is 5.26 Å². The molecule has 6 heteroatoms. The molecule has 1 aromatic carbocycles. The summed E-state index contributed by atoms with van der Waals surface area (Å²) in [7, 11) is 0. The van der Waals surface area contributed by atoms with Crippen LogP contribution in [0.4, 0.5) is 0 Å². The number of primary amides is 1. The molecular formula is C13H12Br2N2O2. The summed E-state index contributed by atoms with van der Waals surface area (Å²) in [5.74, 6) is -0.181. The lowest BCUT2D eigenvalue weighted by Crippen LogP contribution is -2.12. The summed E-state index contributed by atoms with van der Waals surface area (Å²) in [6.45, 7) is 2.53. The summed E-state index contributed by atoms with van der Waals surface area (Å²) in [5.41, 5.74) is 5.62. The monoisotopic (exact) mass is 386 g/mol. The zero-order valence-electron chi connectivity index (χ0n) is 10.2. The first-order valence-corrected chi connectivity index (χ1v) is 7.11. The average molecular weight is 388 g/mol. The van der Waals surface area contributed by atoms with Crippen LogP contribution in [-0.2, 0) is 4.79 Å². The standard InChI is InChI=1S/C13H12Br2N2O2/c1-2-3-19-12-8(4-9(7-16)13(17)18)5-10(14)6-11(12)15/h4-6H,2-3H2,1H3,(H2,17,18)/b9-4+. The third-order valence-corrected chi connectivity index (χ3v) is 3.22. The van der Waals surface area contributed by atoms with Gasteiger partial charge in [-0.3, -0.25) is 4.79 Å². The minimum atomic E-state index is -0.764. The predicted molar refractivity (Wildman–Crippen MR) is 80.4 cm³/mol. The molecule has 1 rings (SSSR count). The van der Waals surface area contributed by atoms with Crippen LogP contribution < -0.4 is 10.5 Å². The smallest absolute Gasteiger partial charge is 0.259 e. The van der Waals surface area contributed by atoms with E-state index in [2.05, 4.69) is 31.9 Å². The number of halogens is 2. The van der Waals surface area contributed by atoms with E-state index < -0.39 is 5.91 Å². The Bertz CT molecular complexity index is 562. The number of benzene rings is 1. The topological polar surface area (TPSA) is 76.1 Å². The molecule has 1 amide bonds. The first-order chi connectivity index (χ1) is 8.99. The number of hydrogen-bond donors (Lipinski definition) is 1. The maximum atomic E-state index is 11.1. The van der Waals surface area contributed by atoms with Gasteiger partial charge in [-0.2, -0.15) is 5.26 Å². The third kappa shape index (κ3) is 4.37. The van der Waals surface area contributed by atoms with Crippen molar-refractivity contribution in [2.75, 3.05) is 6.61 Å².